The van der Waals surface area contributed by atoms with E-state index in [0.29, 0.717) is 24.3 Å². The Bertz CT molecular complexity index is 1110. The summed E-state index contributed by atoms with van der Waals surface area (Å²) in [5.74, 6) is -1.05. The van der Waals surface area contributed by atoms with Crippen molar-refractivity contribution >= 4 is 27.5 Å². The number of rotatable bonds is 11. The number of hydrogen-bond donors (Lipinski definition) is 1. The van der Waals surface area contributed by atoms with Crippen LogP contribution in [0.1, 0.15) is 31.4 Å². The standard InChI is InChI=1S/C24H32FN3O5S/c1-6-20(24(30)26-7-2)27(15-18-9-11-19(25)12-10-18)23(29)16-28(34(5,31)32)21-14-17(3)8-13-22(21)33-4/h8-14,20H,6-7,15-16H2,1-5H3,(H,26,30)/t20-/m1/s1. The maximum atomic E-state index is 13.6. The van der Waals surface area contributed by atoms with Gasteiger partial charge in [-0.1, -0.05) is 25.1 Å². The molecule has 0 aliphatic rings. The van der Waals surface area contributed by atoms with Crippen molar-refractivity contribution in [2.75, 3.05) is 30.8 Å². The molecular weight excluding hydrogens is 461 g/mol. The molecule has 2 aromatic rings. The number of hydrogen-bond acceptors (Lipinski definition) is 5. The quantitative estimate of drug-likeness (QED) is 0.519. The van der Waals surface area contributed by atoms with E-state index in [0.717, 1.165) is 16.1 Å². The summed E-state index contributed by atoms with van der Waals surface area (Å²) < 4.78 is 45.1. The second-order valence-corrected chi connectivity index (χ2v) is 9.82. The summed E-state index contributed by atoms with van der Waals surface area (Å²) in [6.07, 6.45) is 1.32. The summed E-state index contributed by atoms with van der Waals surface area (Å²) in [4.78, 5) is 27.6. The van der Waals surface area contributed by atoms with Crippen LogP contribution >= 0.6 is 0 Å². The number of carbonyl (C=O) groups is 2. The van der Waals surface area contributed by atoms with Crippen LogP contribution in [0.25, 0.3) is 0 Å². The molecule has 0 saturated carbocycles. The average Bonchev–Trinajstić information content (AvgIpc) is 2.78. The zero-order chi connectivity index (χ0) is 25.5. The van der Waals surface area contributed by atoms with Gasteiger partial charge in [0.25, 0.3) is 0 Å². The van der Waals surface area contributed by atoms with Crippen molar-refractivity contribution in [2.45, 2.75) is 39.8 Å². The summed E-state index contributed by atoms with van der Waals surface area (Å²) >= 11 is 0. The molecule has 2 aromatic carbocycles. The highest BCUT2D eigenvalue weighted by Crippen LogP contribution is 2.31. The Kier molecular flexibility index (Phi) is 9.43. The van der Waals surface area contributed by atoms with Crippen molar-refractivity contribution < 1.29 is 27.1 Å². The molecule has 8 nitrogen and oxygen atoms in total. The number of likely N-dealkylation sites (N-methyl/N-ethyl adjacent to an activating group) is 1. The van der Waals surface area contributed by atoms with E-state index in [9.17, 15) is 22.4 Å². The van der Waals surface area contributed by atoms with E-state index in [1.807, 2.05) is 0 Å². The smallest absolute Gasteiger partial charge is 0.244 e. The largest absolute Gasteiger partial charge is 0.495 e. The maximum absolute atomic E-state index is 13.6. The average molecular weight is 494 g/mol. The van der Waals surface area contributed by atoms with E-state index in [1.165, 1.54) is 36.3 Å². The number of nitrogens with zero attached hydrogens (tertiary/aromatic N) is 2. The van der Waals surface area contributed by atoms with Gasteiger partial charge in [-0.25, -0.2) is 12.8 Å². The minimum Gasteiger partial charge on any atom is -0.495 e. The number of carbonyl (C=O) groups excluding carboxylic acids is 2. The van der Waals surface area contributed by atoms with Crippen LogP contribution in [0.3, 0.4) is 0 Å². The minimum atomic E-state index is -3.88. The Morgan fingerprint density at radius 2 is 1.76 bits per heavy atom. The molecule has 0 aromatic heterocycles. The first kappa shape index (κ1) is 27.1. The molecule has 0 fully saturated rings. The van der Waals surface area contributed by atoms with E-state index >= 15 is 0 Å². The third-order valence-electron chi connectivity index (χ3n) is 5.29. The number of sulfonamides is 1. The van der Waals surface area contributed by atoms with Crippen LogP contribution in [-0.4, -0.2) is 57.6 Å². The lowest BCUT2D eigenvalue weighted by Gasteiger charge is -2.33. The van der Waals surface area contributed by atoms with Crippen molar-refractivity contribution in [3.8, 4) is 5.75 Å². The van der Waals surface area contributed by atoms with E-state index in [4.69, 9.17) is 4.74 Å². The first-order chi connectivity index (χ1) is 16.0. The first-order valence-corrected chi connectivity index (χ1v) is 12.8. The van der Waals surface area contributed by atoms with E-state index in [2.05, 4.69) is 5.32 Å². The third-order valence-corrected chi connectivity index (χ3v) is 6.41. The van der Waals surface area contributed by atoms with E-state index < -0.39 is 34.3 Å². The van der Waals surface area contributed by atoms with Gasteiger partial charge in [0.15, 0.2) is 0 Å². The van der Waals surface area contributed by atoms with Gasteiger partial charge in [0.05, 0.1) is 19.1 Å². The Balaban J connectivity index is 2.49. The molecule has 0 radical (unpaired) electrons. The number of methoxy groups -OCH3 is 1. The summed E-state index contributed by atoms with van der Waals surface area (Å²) in [6.45, 7) is 5.19. The lowest BCUT2D eigenvalue weighted by molar-refractivity contribution is -0.140. The van der Waals surface area contributed by atoms with E-state index in [-0.39, 0.29) is 18.1 Å². The number of benzene rings is 2. The Morgan fingerprint density at radius 3 is 2.29 bits per heavy atom. The molecule has 0 saturated heterocycles. The lowest BCUT2D eigenvalue weighted by Crippen LogP contribution is -2.52. The highest BCUT2D eigenvalue weighted by atomic mass is 32.2. The summed E-state index contributed by atoms with van der Waals surface area (Å²) in [5, 5.41) is 2.72. The van der Waals surface area contributed by atoms with Crippen molar-refractivity contribution in [1.82, 2.24) is 10.2 Å². The highest BCUT2D eigenvalue weighted by molar-refractivity contribution is 7.92. The molecule has 0 heterocycles. The molecule has 0 aliphatic heterocycles. The van der Waals surface area contributed by atoms with Gasteiger partial charge in [0.2, 0.25) is 21.8 Å². The molecule has 1 N–H and O–H groups in total. The van der Waals surface area contributed by atoms with Crippen LogP contribution < -0.4 is 14.4 Å². The van der Waals surface area contributed by atoms with Gasteiger partial charge in [0.1, 0.15) is 24.2 Å². The predicted molar refractivity (Wildman–Crippen MR) is 130 cm³/mol. The highest BCUT2D eigenvalue weighted by Gasteiger charge is 2.32. The number of amides is 2. The summed E-state index contributed by atoms with van der Waals surface area (Å²) in [5.41, 5.74) is 1.62. The van der Waals surface area contributed by atoms with Crippen molar-refractivity contribution in [2.24, 2.45) is 0 Å². The number of halogens is 1. The van der Waals surface area contributed by atoms with Gasteiger partial charge in [-0.3, -0.25) is 13.9 Å². The molecule has 0 aliphatic carbocycles. The third kappa shape index (κ3) is 6.93. The number of ether oxygens (including phenoxy) is 1. The van der Waals surface area contributed by atoms with Crippen LogP contribution in [-0.2, 0) is 26.2 Å². The van der Waals surface area contributed by atoms with Gasteiger partial charge >= 0.3 is 0 Å². The van der Waals surface area contributed by atoms with Crippen molar-refractivity contribution in [1.29, 1.82) is 0 Å². The zero-order valence-corrected chi connectivity index (χ0v) is 21.0. The number of nitrogens with one attached hydrogen (secondary N) is 1. The fourth-order valence-corrected chi connectivity index (χ4v) is 4.43. The van der Waals surface area contributed by atoms with Crippen LogP contribution in [0.15, 0.2) is 42.5 Å². The predicted octanol–water partition coefficient (Wildman–Crippen LogP) is 2.85. The van der Waals surface area contributed by atoms with Crippen LogP contribution in [0.2, 0.25) is 0 Å². The lowest BCUT2D eigenvalue weighted by atomic mass is 10.1. The molecule has 2 rings (SSSR count). The molecule has 2 amide bonds. The minimum absolute atomic E-state index is 0.0112. The van der Waals surface area contributed by atoms with Crippen LogP contribution in [0.5, 0.6) is 5.75 Å². The SMILES string of the molecule is CCNC(=O)[C@@H](CC)N(Cc1ccc(F)cc1)C(=O)CN(c1cc(C)ccc1OC)S(C)(=O)=O. The van der Waals surface area contributed by atoms with Gasteiger partial charge in [-0.2, -0.15) is 0 Å². The van der Waals surface area contributed by atoms with Gasteiger partial charge in [-0.05, 0) is 55.7 Å². The Morgan fingerprint density at radius 1 is 1.12 bits per heavy atom. The molecular formula is C24H32FN3O5S. The molecule has 34 heavy (non-hydrogen) atoms. The van der Waals surface area contributed by atoms with Crippen molar-refractivity contribution in [3.63, 3.8) is 0 Å². The van der Waals surface area contributed by atoms with Gasteiger partial charge < -0.3 is 15.0 Å². The van der Waals surface area contributed by atoms with Gasteiger partial charge in [-0.15, -0.1) is 0 Å². The molecule has 0 bridgehead atoms. The fraction of sp³-hybridized carbons (Fsp3) is 0.417. The first-order valence-electron chi connectivity index (χ1n) is 11.0. The summed E-state index contributed by atoms with van der Waals surface area (Å²) in [6, 6.07) is 9.78. The Hall–Kier alpha value is -3.14. The molecule has 186 valence electrons. The van der Waals surface area contributed by atoms with Crippen molar-refractivity contribution in [3.05, 3.63) is 59.4 Å². The molecule has 1 atom stereocenters. The zero-order valence-electron chi connectivity index (χ0n) is 20.2. The maximum Gasteiger partial charge on any atom is 0.244 e. The fourth-order valence-electron chi connectivity index (χ4n) is 3.59. The second-order valence-electron chi connectivity index (χ2n) is 7.91. The van der Waals surface area contributed by atoms with Crippen LogP contribution in [0.4, 0.5) is 10.1 Å². The second kappa shape index (κ2) is 11.8. The monoisotopic (exact) mass is 493 g/mol. The number of aryl methyl sites for hydroxylation is 1. The van der Waals surface area contributed by atoms with Crippen LogP contribution in [0, 0.1) is 12.7 Å². The molecule has 0 unspecified atom stereocenters. The number of anilines is 1. The molecule has 10 heteroatoms. The molecule has 0 spiro atoms. The normalized spacial score (nSPS) is 12.1. The van der Waals surface area contributed by atoms with Gasteiger partial charge in [0, 0.05) is 13.1 Å². The Labute approximate surface area is 200 Å². The van der Waals surface area contributed by atoms with E-state index in [1.54, 1.807) is 39.0 Å². The topological polar surface area (TPSA) is 96.0 Å². The summed E-state index contributed by atoms with van der Waals surface area (Å²) in [7, 11) is -2.47.